The van der Waals surface area contributed by atoms with E-state index in [1.807, 2.05) is 39.0 Å². The van der Waals surface area contributed by atoms with Crippen LogP contribution in [0, 0.1) is 0 Å². The summed E-state index contributed by atoms with van der Waals surface area (Å²) in [5, 5.41) is 9.64. The van der Waals surface area contributed by atoms with Gasteiger partial charge in [-0.2, -0.15) is 0 Å². The number of nitrogens with zero attached hydrogens (tertiary/aromatic N) is 3. The molecule has 8 heteroatoms. The highest BCUT2D eigenvalue weighted by Gasteiger charge is 2.27. The number of hydrogen-bond donors (Lipinski definition) is 3. The number of likely N-dealkylation sites (tertiary alicyclic amines) is 1. The van der Waals surface area contributed by atoms with Crippen LogP contribution in [-0.4, -0.2) is 66.3 Å². The van der Waals surface area contributed by atoms with Gasteiger partial charge >= 0.3 is 6.09 Å². The van der Waals surface area contributed by atoms with E-state index in [0.717, 1.165) is 63.8 Å². The van der Waals surface area contributed by atoms with Crippen LogP contribution in [0.25, 0.3) is 0 Å². The molecule has 1 saturated heterocycles. The number of unbranched alkanes of at least 4 members (excludes halogenated alkanes) is 1. The van der Waals surface area contributed by atoms with Gasteiger partial charge in [0.15, 0.2) is 5.96 Å². The minimum absolute atomic E-state index is 0.0799. The lowest BCUT2D eigenvalue weighted by Gasteiger charge is -2.23. The molecule has 1 aliphatic rings. The van der Waals surface area contributed by atoms with Crippen molar-refractivity contribution in [1.29, 1.82) is 0 Å². The van der Waals surface area contributed by atoms with Gasteiger partial charge in [-0.25, -0.2) is 9.78 Å². The molecule has 8 nitrogen and oxygen atoms in total. The van der Waals surface area contributed by atoms with E-state index in [9.17, 15) is 4.79 Å². The summed E-state index contributed by atoms with van der Waals surface area (Å²) in [5.41, 5.74) is -0.482. The summed E-state index contributed by atoms with van der Waals surface area (Å²) >= 11 is 0. The molecule has 1 amide bonds. The van der Waals surface area contributed by atoms with Crippen molar-refractivity contribution in [2.75, 3.05) is 38.0 Å². The third-order valence-electron chi connectivity index (χ3n) is 4.36. The maximum atomic E-state index is 12.0. The largest absolute Gasteiger partial charge is 0.444 e. The first kappa shape index (κ1) is 22.8. The highest BCUT2D eigenvalue weighted by Crippen LogP contribution is 2.12. The number of guanidine groups is 1. The minimum Gasteiger partial charge on any atom is -0.444 e. The van der Waals surface area contributed by atoms with Crippen molar-refractivity contribution < 1.29 is 9.53 Å². The molecule has 1 fully saturated rings. The zero-order valence-electron chi connectivity index (χ0n) is 18.2. The molecule has 0 bridgehead atoms. The van der Waals surface area contributed by atoms with Gasteiger partial charge in [0.1, 0.15) is 11.4 Å². The van der Waals surface area contributed by atoms with Crippen molar-refractivity contribution >= 4 is 17.9 Å². The Morgan fingerprint density at radius 1 is 1.34 bits per heavy atom. The molecule has 1 unspecified atom stereocenters. The number of amides is 1. The zero-order chi connectivity index (χ0) is 21.1. The Balaban J connectivity index is 1.71. The van der Waals surface area contributed by atoms with Crippen molar-refractivity contribution in [3.63, 3.8) is 0 Å². The first-order valence-electron chi connectivity index (χ1n) is 10.5. The van der Waals surface area contributed by atoms with Gasteiger partial charge in [-0.3, -0.25) is 4.99 Å². The second-order valence-corrected chi connectivity index (χ2v) is 8.16. The Kier molecular flexibility index (Phi) is 9.02. The van der Waals surface area contributed by atoms with Crippen LogP contribution >= 0.6 is 0 Å². The van der Waals surface area contributed by atoms with Crippen molar-refractivity contribution in [1.82, 2.24) is 20.5 Å². The second kappa shape index (κ2) is 11.5. The molecule has 1 aromatic heterocycles. The van der Waals surface area contributed by atoms with Crippen LogP contribution < -0.4 is 16.0 Å². The molecular formula is C21H36N6O2. The van der Waals surface area contributed by atoms with E-state index >= 15 is 0 Å². The lowest BCUT2D eigenvalue weighted by Crippen LogP contribution is -2.44. The number of nitrogens with one attached hydrogen (secondary N) is 3. The number of ether oxygens (including phenoxy) is 1. The smallest absolute Gasteiger partial charge is 0.407 e. The monoisotopic (exact) mass is 404 g/mol. The normalized spacial score (nSPS) is 17.2. The predicted molar refractivity (Wildman–Crippen MR) is 117 cm³/mol. The maximum Gasteiger partial charge on any atom is 0.407 e. The number of anilines is 1. The summed E-state index contributed by atoms with van der Waals surface area (Å²) in [4.78, 5) is 23.2. The van der Waals surface area contributed by atoms with Gasteiger partial charge in [-0.15, -0.1) is 0 Å². The van der Waals surface area contributed by atoms with Crippen LogP contribution in [0.3, 0.4) is 0 Å². The molecule has 162 valence electrons. The molecule has 3 N–H and O–H groups in total. The summed E-state index contributed by atoms with van der Waals surface area (Å²) in [6.07, 6.45) is 4.35. The standard InChI is InChI=1S/C21H36N6O2/c1-5-22-19(25-14-9-8-13-24-18-10-6-7-12-23-18)27-15-11-17(16-27)26-20(28)29-21(2,3)4/h6-7,10,12,17H,5,8-9,11,13-16H2,1-4H3,(H,22,25)(H,23,24)(H,26,28). The summed E-state index contributed by atoms with van der Waals surface area (Å²) in [5.74, 6) is 1.82. The summed E-state index contributed by atoms with van der Waals surface area (Å²) in [6, 6.07) is 5.93. The van der Waals surface area contributed by atoms with Crippen molar-refractivity contribution in [3.05, 3.63) is 24.4 Å². The first-order chi connectivity index (χ1) is 13.9. The molecule has 0 saturated carbocycles. The average Bonchev–Trinajstić information content (AvgIpc) is 3.11. The first-order valence-corrected chi connectivity index (χ1v) is 10.5. The van der Waals surface area contributed by atoms with Crippen LogP contribution in [0.4, 0.5) is 10.6 Å². The molecule has 0 aromatic carbocycles. The molecule has 2 heterocycles. The Hall–Kier alpha value is -2.51. The van der Waals surface area contributed by atoms with Crippen molar-refractivity contribution in [3.8, 4) is 0 Å². The van der Waals surface area contributed by atoms with Gasteiger partial charge in [-0.1, -0.05) is 6.07 Å². The Labute approximate surface area is 174 Å². The summed E-state index contributed by atoms with van der Waals surface area (Å²) < 4.78 is 5.35. The number of aliphatic imine (C=N–C) groups is 1. The second-order valence-electron chi connectivity index (χ2n) is 8.16. The molecule has 29 heavy (non-hydrogen) atoms. The van der Waals surface area contributed by atoms with Gasteiger partial charge in [0.25, 0.3) is 0 Å². The lowest BCUT2D eigenvalue weighted by atomic mass is 10.2. The van der Waals surface area contributed by atoms with Gasteiger partial charge < -0.3 is 25.6 Å². The maximum absolute atomic E-state index is 12.0. The van der Waals surface area contributed by atoms with Gasteiger partial charge in [-0.05, 0) is 59.1 Å². The van der Waals surface area contributed by atoms with Crippen LogP contribution in [0.1, 0.15) is 47.0 Å². The Bertz CT molecular complexity index is 644. The highest BCUT2D eigenvalue weighted by atomic mass is 16.6. The minimum atomic E-state index is -0.482. The van der Waals surface area contributed by atoms with Crippen LogP contribution in [0.2, 0.25) is 0 Å². The number of aromatic nitrogens is 1. The quantitative estimate of drug-likeness (QED) is 0.351. The third-order valence-corrected chi connectivity index (χ3v) is 4.36. The summed E-state index contributed by atoms with van der Waals surface area (Å²) in [7, 11) is 0. The molecule has 0 spiro atoms. The van der Waals surface area contributed by atoms with E-state index in [1.54, 1.807) is 6.20 Å². The SMILES string of the molecule is CCNC(=NCCCCNc1ccccn1)N1CCC(NC(=O)OC(C)(C)C)C1. The van der Waals surface area contributed by atoms with Gasteiger partial charge in [0.05, 0.1) is 6.04 Å². The van der Waals surface area contributed by atoms with E-state index in [2.05, 4.69) is 32.8 Å². The van der Waals surface area contributed by atoms with Gasteiger partial charge in [0.2, 0.25) is 0 Å². The number of pyridine rings is 1. The fourth-order valence-corrected chi connectivity index (χ4v) is 3.08. The number of rotatable bonds is 8. The number of carbonyl (C=O) groups excluding carboxylic acids is 1. The highest BCUT2D eigenvalue weighted by molar-refractivity contribution is 5.80. The zero-order valence-corrected chi connectivity index (χ0v) is 18.2. The molecule has 1 aromatic rings. The van der Waals surface area contributed by atoms with Crippen molar-refractivity contribution in [2.24, 2.45) is 4.99 Å². The molecular weight excluding hydrogens is 368 g/mol. The number of carbonyl (C=O) groups is 1. The van der Waals surface area contributed by atoms with Gasteiger partial charge in [0, 0.05) is 38.9 Å². The van der Waals surface area contributed by atoms with E-state index in [0.29, 0.717) is 0 Å². The van der Waals surface area contributed by atoms with Crippen molar-refractivity contribution in [2.45, 2.75) is 58.6 Å². The third kappa shape index (κ3) is 9.02. The van der Waals surface area contributed by atoms with Crippen LogP contribution in [0.15, 0.2) is 29.4 Å². The predicted octanol–water partition coefficient (Wildman–Crippen LogP) is 2.84. The Morgan fingerprint density at radius 3 is 2.86 bits per heavy atom. The number of alkyl carbamates (subject to hydrolysis) is 1. The van der Waals surface area contributed by atoms with Crippen LogP contribution in [-0.2, 0) is 4.74 Å². The topological polar surface area (TPSA) is 90.9 Å². The fourth-order valence-electron chi connectivity index (χ4n) is 3.08. The molecule has 1 atom stereocenters. The fraction of sp³-hybridized carbons (Fsp3) is 0.667. The number of hydrogen-bond acceptors (Lipinski definition) is 5. The van der Waals surface area contributed by atoms with Crippen LogP contribution in [0.5, 0.6) is 0 Å². The van der Waals surface area contributed by atoms with E-state index in [1.165, 1.54) is 0 Å². The van der Waals surface area contributed by atoms with E-state index in [-0.39, 0.29) is 12.1 Å². The van der Waals surface area contributed by atoms with E-state index in [4.69, 9.17) is 9.73 Å². The average molecular weight is 405 g/mol. The Morgan fingerprint density at radius 2 is 2.17 bits per heavy atom. The lowest BCUT2D eigenvalue weighted by molar-refractivity contribution is 0.0507. The molecule has 1 aliphatic heterocycles. The van der Waals surface area contributed by atoms with E-state index < -0.39 is 5.60 Å². The summed E-state index contributed by atoms with van der Waals surface area (Å²) in [6.45, 7) is 11.8. The molecule has 2 rings (SSSR count). The molecule has 0 aliphatic carbocycles. The molecule has 0 radical (unpaired) electrons.